The van der Waals surface area contributed by atoms with Crippen molar-refractivity contribution < 1.29 is 14.3 Å². The molecule has 120 valence electrons. The van der Waals surface area contributed by atoms with Gasteiger partial charge in [-0.05, 0) is 24.6 Å². The Morgan fingerprint density at radius 3 is 2.78 bits per heavy atom. The molecule has 1 aromatic rings. The fraction of sp³-hybridized carbons (Fsp3) is 0.471. The van der Waals surface area contributed by atoms with Crippen molar-refractivity contribution in [1.82, 2.24) is 4.90 Å². The molecule has 0 bridgehead atoms. The Balaban J connectivity index is 1.80. The van der Waals surface area contributed by atoms with Crippen LogP contribution in [0.5, 0.6) is 5.75 Å². The second-order valence-electron chi connectivity index (χ2n) is 6.20. The Hall–Kier alpha value is -2.06. The largest absolute Gasteiger partial charge is 0.486 e. The number of likely N-dealkylation sites (tertiary alicyclic amines) is 1. The molecular weight excluding hydrogens is 316 g/mol. The minimum atomic E-state index is -0.550. The minimum Gasteiger partial charge on any atom is -0.486 e. The number of amides is 1. The van der Waals surface area contributed by atoms with Crippen molar-refractivity contribution in [3.05, 3.63) is 28.3 Å². The van der Waals surface area contributed by atoms with Gasteiger partial charge in [0.1, 0.15) is 17.8 Å². The topological polar surface area (TPSA) is 70.4 Å². The summed E-state index contributed by atoms with van der Waals surface area (Å²) in [5.74, 6) is 0.490. The predicted molar refractivity (Wildman–Crippen MR) is 84.5 cm³/mol. The third kappa shape index (κ3) is 2.91. The number of aryl methyl sites for hydroxylation is 1. The standard InChI is InChI=1S/C17H17ClN2O3/c1-11-8-12(18)9-13-14(21)10-17(23-16(11)13)3-6-20(7-4-17)15(22)2-5-19/h8-9H,2-4,6-7,10H2,1H3. The quantitative estimate of drug-likeness (QED) is 0.792. The molecule has 0 unspecified atom stereocenters. The number of halogens is 1. The number of ketones is 1. The van der Waals surface area contributed by atoms with E-state index in [1.165, 1.54) is 0 Å². The van der Waals surface area contributed by atoms with Crippen molar-refractivity contribution in [3.8, 4) is 11.8 Å². The Bertz CT molecular complexity index is 715. The van der Waals surface area contributed by atoms with Crippen LogP contribution in [-0.2, 0) is 4.79 Å². The lowest BCUT2D eigenvalue weighted by molar-refractivity contribution is -0.133. The summed E-state index contributed by atoms with van der Waals surface area (Å²) in [5.41, 5.74) is 0.845. The maximum Gasteiger partial charge on any atom is 0.236 e. The summed E-state index contributed by atoms with van der Waals surface area (Å²) in [6.07, 6.45) is 1.39. The number of carbonyl (C=O) groups excluding carboxylic acids is 2. The van der Waals surface area contributed by atoms with Crippen LogP contribution in [0, 0.1) is 18.3 Å². The van der Waals surface area contributed by atoms with E-state index in [1.54, 1.807) is 17.0 Å². The Morgan fingerprint density at radius 2 is 2.13 bits per heavy atom. The fourth-order valence-corrected chi connectivity index (χ4v) is 3.61. The number of Topliss-reactive ketones (excluding diaryl/α,β-unsaturated/α-hetero) is 1. The summed E-state index contributed by atoms with van der Waals surface area (Å²) in [6.45, 7) is 2.90. The van der Waals surface area contributed by atoms with Crippen LogP contribution in [-0.4, -0.2) is 35.3 Å². The summed E-state index contributed by atoms with van der Waals surface area (Å²) in [6, 6.07) is 5.33. The third-order valence-corrected chi connectivity index (χ3v) is 4.82. The first-order valence-electron chi connectivity index (χ1n) is 7.61. The average Bonchev–Trinajstić information content (AvgIpc) is 2.50. The highest BCUT2D eigenvalue weighted by Gasteiger charge is 2.44. The molecule has 1 saturated heterocycles. The molecule has 0 atom stereocenters. The van der Waals surface area contributed by atoms with E-state index >= 15 is 0 Å². The van der Waals surface area contributed by atoms with Gasteiger partial charge in [0.25, 0.3) is 0 Å². The summed E-state index contributed by atoms with van der Waals surface area (Å²) in [7, 11) is 0. The molecule has 2 aliphatic rings. The molecule has 6 heteroatoms. The Labute approximate surface area is 139 Å². The van der Waals surface area contributed by atoms with Crippen molar-refractivity contribution in [2.24, 2.45) is 0 Å². The van der Waals surface area contributed by atoms with Gasteiger partial charge < -0.3 is 9.64 Å². The Morgan fingerprint density at radius 1 is 1.43 bits per heavy atom. The van der Waals surface area contributed by atoms with Gasteiger partial charge in [0, 0.05) is 31.0 Å². The maximum atomic E-state index is 12.5. The molecule has 2 aliphatic heterocycles. The smallest absolute Gasteiger partial charge is 0.236 e. The first-order valence-corrected chi connectivity index (χ1v) is 7.99. The Kier molecular flexibility index (Phi) is 4.03. The normalized spacial score (nSPS) is 19.0. The fourth-order valence-electron chi connectivity index (χ4n) is 3.33. The van der Waals surface area contributed by atoms with Gasteiger partial charge in [-0.1, -0.05) is 11.6 Å². The number of nitriles is 1. The first kappa shape index (κ1) is 15.8. The van der Waals surface area contributed by atoms with Crippen LogP contribution in [0.25, 0.3) is 0 Å². The van der Waals surface area contributed by atoms with E-state index in [4.69, 9.17) is 21.6 Å². The van der Waals surface area contributed by atoms with Crippen molar-refractivity contribution in [2.45, 2.75) is 38.2 Å². The number of hydrogen-bond donors (Lipinski definition) is 0. The molecule has 1 fully saturated rings. The zero-order valence-electron chi connectivity index (χ0n) is 12.9. The number of hydrogen-bond acceptors (Lipinski definition) is 4. The molecule has 0 N–H and O–H groups in total. The van der Waals surface area contributed by atoms with Crippen LogP contribution in [0.1, 0.15) is 41.6 Å². The van der Waals surface area contributed by atoms with E-state index in [-0.39, 0.29) is 18.1 Å². The highest BCUT2D eigenvalue weighted by Crippen LogP contribution is 2.42. The lowest BCUT2D eigenvalue weighted by Gasteiger charge is -2.44. The van der Waals surface area contributed by atoms with Gasteiger partial charge in [-0.3, -0.25) is 9.59 Å². The molecule has 0 radical (unpaired) electrons. The van der Waals surface area contributed by atoms with Gasteiger partial charge >= 0.3 is 0 Å². The second-order valence-corrected chi connectivity index (χ2v) is 6.64. The summed E-state index contributed by atoms with van der Waals surface area (Å²) < 4.78 is 6.22. The number of fused-ring (bicyclic) bond motifs is 1. The monoisotopic (exact) mass is 332 g/mol. The number of benzene rings is 1. The van der Waals surface area contributed by atoms with E-state index in [9.17, 15) is 9.59 Å². The van der Waals surface area contributed by atoms with Crippen LogP contribution in [0.3, 0.4) is 0 Å². The van der Waals surface area contributed by atoms with Crippen LogP contribution < -0.4 is 4.74 Å². The van der Waals surface area contributed by atoms with Crippen molar-refractivity contribution >= 4 is 23.3 Å². The minimum absolute atomic E-state index is 0.0358. The molecular formula is C17H17ClN2O3. The zero-order chi connectivity index (χ0) is 16.6. The van der Waals surface area contributed by atoms with Crippen LogP contribution >= 0.6 is 11.6 Å². The van der Waals surface area contributed by atoms with Gasteiger partial charge in [0.15, 0.2) is 5.78 Å². The number of rotatable bonds is 1. The average molecular weight is 333 g/mol. The first-order chi connectivity index (χ1) is 10.9. The molecule has 3 rings (SSSR count). The highest BCUT2D eigenvalue weighted by atomic mass is 35.5. The number of carbonyl (C=O) groups is 2. The van der Waals surface area contributed by atoms with Gasteiger partial charge in [0.2, 0.25) is 5.91 Å². The van der Waals surface area contributed by atoms with Crippen LogP contribution in [0.4, 0.5) is 0 Å². The highest BCUT2D eigenvalue weighted by molar-refractivity contribution is 6.31. The summed E-state index contributed by atoms with van der Waals surface area (Å²) in [5, 5.41) is 9.16. The number of piperidine rings is 1. The lowest BCUT2D eigenvalue weighted by atomic mass is 9.82. The van der Waals surface area contributed by atoms with Crippen molar-refractivity contribution in [3.63, 3.8) is 0 Å². The molecule has 1 spiro atoms. The van der Waals surface area contributed by atoms with E-state index in [0.29, 0.717) is 48.7 Å². The van der Waals surface area contributed by atoms with E-state index in [1.807, 2.05) is 13.0 Å². The van der Waals surface area contributed by atoms with Crippen molar-refractivity contribution in [1.29, 1.82) is 5.26 Å². The summed E-state index contributed by atoms with van der Waals surface area (Å²) in [4.78, 5) is 26.0. The lowest BCUT2D eigenvalue weighted by Crippen LogP contribution is -2.52. The van der Waals surface area contributed by atoms with Gasteiger partial charge in [-0.15, -0.1) is 0 Å². The number of ether oxygens (including phenoxy) is 1. The molecule has 0 aromatic heterocycles. The molecule has 5 nitrogen and oxygen atoms in total. The predicted octanol–water partition coefficient (Wildman–Crippen LogP) is 2.89. The van der Waals surface area contributed by atoms with E-state index in [2.05, 4.69) is 0 Å². The van der Waals surface area contributed by atoms with Crippen molar-refractivity contribution in [2.75, 3.05) is 13.1 Å². The zero-order valence-corrected chi connectivity index (χ0v) is 13.7. The molecule has 0 saturated carbocycles. The van der Waals surface area contributed by atoms with Gasteiger partial charge in [0.05, 0.1) is 18.1 Å². The maximum absolute atomic E-state index is 12.5. The van der Waals surface area contributed by atoms with Gasteiger partial charge in [-0.2, -0.15) is 5.26 Å². The van der Waals surface area contributed by atoms with Crippen LogP contribution in [0.2, 0.25) is 5.02 Å². The SMILES string of the molecule is Cc1cc(Cl)cc2c1OC1(CCN(C(=O)CC#N)CC1)CC2=O. The van der Waals surface area contributed by atoms with Crippen LogP contribution in [0.15, 0.2) is 12.1 Å². The molecule has 1 aromatic carbocycles. The summed E-state index contributed by atoms with van der Waals surface area (Å²) >= 11 is 6.03. The molecule has 2 heterocycles. The van der Waals surface area contributed by atoms with E-state index in [0.717, 1.165) is 5.56 Å². The third-order valence-electron chi connectivity index (χ3n) is 4.60. The molecule has 1 amide bonds. The second kappa shape index (κ2) is 5.86. The molecule has 0 aliphatic carbocycles. The number of nitrogens with zero attached hydrogens (tertiary/aromatic N) is 2. The molecule has 23 heavy (non-hydrogen) atoms. The van der Waals surface area contributed by atoms with Gasteiger partial charge in [-0.25, -0.2) is 0 Å². The van der Waals surface area contributed by atoms with E-state index < -0.39 is 5.60 Å².